The lowest BCUT2D eigenvalue weighted by Crippen LogP contribution is -2.32. The van der Waals surface area contributed by atoms with Gasteiger partial charge in [0.2, 0.25) is 0 Å². The summed E-state index contributed by atoms with van der Waals surface area (Å²) in [6, 6.07) is 8.56. The molecule has 16 heavy (non-hydrogen) atoms. The van der Waals surface area contributed by atoms with E-state index in [4.69, 9.17) is 23.2 Å². The molecule has 2 rings (SSSR count). The Hall–Kier alpha value is -0.240. The lowest BCUT2D eigenvalue weighted by Gasteiger charge is -2.19. The molecule has 1 aromatic rings. The van der Waals surface area contributed by atoms with Gasteiger partial charge in [0.05, 0.1) is 0 Å². The number of alkyl halides is 1. The SMILES string of the molecule is ClCC1CCCC1NCc1ccccc1Cl. The lowest BCUT2D eigenvalue weighted by molar-refractivity contribution is 0.430. The van der Waals surface area contributed by atoms with Crippen LogP contribution in [0.15, 0.2) is 24.3 Å². The van der Waals surface area contributed by atoms with Crippen molar-refractivity contribution in [1.29, 1.82) is 0 Å². The fraction of sp³-hybridized carbons (Fsp3) is 0.538. The maximum Gasteiger partial charge on any atom is 0.0450 e. The van der Waals surface area contributed by atoms with Crippen molar-refractivity contribution >= 4 is 23.2 Å². The molecular weight excluding hydrogens is 241 g/mol. The Morgan fingerprint density at radius 1 is 1.25 bits per heavy atom. The van der Waals surface area contributed by atoms with E-state index in [1.807, 2.05) is 18.2 Å². The van der Waals surface area contributed by atoms with Crippen LogP contribution in [0.25, 0.3) is 0 Å². The number of rotatable bonds is 4. The Bertz CT molecular complexity index is 340. The molecule has 1 N–H and O–H groups in total. The minimum Gasteiger partial charge on any atom is -0.310 e. The van der Waals surface area contributed by atoms with Crippen molar-refractivity contribution in [2.45, 2.75) is 31.8 Å². The second kappa shape index (κ2) is 5.90. The maximum absolute atomic E-state index is 6.11. The van der Waals surface area contributed by atoms with Crippen molar-refractivity contribution in [3.05, 3.63) is 34.9 Å². The van der Waals surface area contributed by atoms with Crippen LogP contribution in [0, 0.1) is 5.92 Å². The maximum atomic E-state index is 6.11. The van der Waals surface area contributed by atoms with E-state index in [9.17, 15) is 0 Å². The Morgan fingerprint density at radius 3 is 2.81 bits per heavy atom. The van der Waals surface area contributed by atoms with E-state index in [1.54, 1.807) is 0 Å². The summed E-state index contributed by atoms with van der Waals surface area (Å²) in [5.41, 5.74) is 1.17. The first-order valence-electron chi connectivity index (χ1n) is 5.84. The van der Waals surface area contributed by atoms with Crippen LogP contribution in [0.4, 0.5) is 0 Å². The first kappa shape index (κ1) is 12.2. The molecule has 0 heterocycles. The van der Waals surface area contributed by atoms with Crippen LogP contribution in [0.1, 0.15) is 24.8 Å². The summed E-state index contributed by atoms with van der Waals surface area (Å²) in [5.74, 6) is 1.39. The third-order valence-electron chi connectivity index (χ3n) is 3.37. The Labute approximate surface area is 107 Å². The van der Waals surface area contributed by atoms with Crippen molar-refractivity contribution in [2.24, 2.45) is 5.92 Å². The van der Waals surface area contributed by atoms with Crippen molar-refractivity contribution in [3.8, 4) is 0 Å². The second-order valence-electron chi connectivity index (χ2n) is 4.42. The fourth-order valence-electron chi connectivity index (χ4n) is 2.37. The van der Waals surface area contributed by atoms with Gasteiger partial charge in [0, 0.05) is 23.5 Å². The zero-order chi connectivity index (χ0) is 11.4. The van der Waals surface area contributed by atoms with Gasteiger partial charge >= 0.3 is 0 Å². The van der Waals surface area contributed by atoms with Crippen LogP contribution in [0.5, 0.6) is 0 Å². The van der Waals surface area contributed by atoms with E-state index in [0.717, 1.165) is 17.4 Å². The van der Waals surface area contributed by atoms with Crippen LogP contribution < -0.4 is 5.32 Å². The number of nitrogens with one attached hydrogen (secondary N) is 1. The monoisotopic (exact) mass is 257 g/mol. The van der Waals surface area contributed by atoms with Crippen LogP contribution in [-0.4, -0.2) is 11.9 Å². The minimum absolute atomic E-state index is 0.564. The molecule has 1 fully saturated rings. The lowest BCUT2D eigenvalue weighted by atomic mass is 10.1. The van der Waals surface area contributed by atoms with E-state index in [2.05, 4.69) is 11.4 Å². The molecule has 0 saturated heterocycles. The predicted octanol–water partition coefficient (Wildman–Crippen LogP) is 3.84. The molecule has 0 amide bonds. The van der Waals surface area contributed by atoms with Crippen molar-refractivity contribution in [2.75, 3.05) is 5.88 Å². The highest BCUT2D eigenvalue weighted by atomic mass is 35.5. The van der Waals surface area contributed by atoms with E-state index in [0.29, 0.717) is 12.0 Å². The molecule has 0 aromatic heterocycles. The molecule has 1 saturated carbocycles. The first-order chi connectivity index (χ1) is 7.81. The first-order valence-corrected chi connectivity index (χ1v) is 6.75. The van der Waals surface area contributed by atoms with Gasteiger partial charge in [0.15, 0.2) is 0 Å². The molecule has 0 aliphatic heterocycles. The van der Waals surface area contributed by atoms with Crippen LogP contribution >= 0.6 is 23.2 Å². The highest BCUT2D eigenvalue weighted by Gasteiger charge is 2.25. The molecule has 1 aliphatic rings. The quantitative estimate of drug-likeness (QED) is 0.809. The average molecular weight is 258 g/mol. The molecule has 0 spiro atoms. The zero-order valence-electron chi connectivity index (χ0n) is 9.26. The van der Waals surface area contributed by atoms with Crippen LogP contribution in [0.3, 0.4) is 0 Å². The fourth-order valence-corrected chi connectivity index (χ4v) is 2.94. The predicted molar refractivity (Wildman–Crippen MR) is 70.1 cm³/mol. The summed E-state index contributed by atoms with van der Waals surface area (Å²) in [6.07, 6.45) is 3.78. The summed E-state index contributed by atoms with van der Waals surface area (Å²) in [4.78, 5) is 0. The van der Waals surface area contributed by atoms with E-state index in [1.165, 1.54) is 24.8 Å². The van der Waals surface area contributed by atoms with E-state index >= 15 is 0 Å². The van der Waals surface area contributed by atoms with Gasteiger partial charge in [0.25, 0.3) is 0 Å². The third-order valence-corrected chi connectivity index (χ3v) is 4.13. The standard InChI is InChI=1S/C13H17Cl2N/c14-8-10-5-3-7-13(10)16-9-11-4-1-2-6-12(11)15/h1-2,4,6,10,13,16H,3,5,7-9H2. The summed E-state index contributed by atoms with van der Waals surface area (Å²) in [5, 5.41) is 4.41. The Kier molecular flexibility index (Phi) is 4.51. The van der Waals surface area contributed by atoms with Gasteiger partial charge in [-0.25, -0.2) is 0 Å². The topological polar surface area (TPSA) is 12.0 Å². The highest BCUT2D eigenvalue weighted by molar-refractivity contribution is 6.31. The van der Waals surface area contributed by atoms with Gasteiger partial charge in [-0.3, -0.25) is 0 Å². The van der Waals surface area contributed by atoms with Gasteiger partial charge in [0.1, 0.15) is 0 Å². The molecule has 2 atom stereocenters. The zero-order valence-corrected chi connectivity index (χ0v) is 10.8. The van der Waals surface area contributed by atoms with E-state index < -0.39 is 0 Å². The Morgan fingerprint density at radius 2 is 2.06 bits per heavy atom. The summed E-state index contributed by atoms with van der Waals surface area (Å²) in [7, 11) is 0. The van der Waals surface area contributed by atoms with Gasteiger partial charge in [-0.15, -0.1) is 11.6 Å². The molecule has 1 aliphatic carbocycles. The third kappa shape index (κ3) is 2.91. The van der Waals surface area contributed by atoms with E-state index in [-0.39, 0.29) is 0 Å². The molecular formula is C13H17Cl2N. The van der Waals surface area contributed by atoms with Gasteiger partial charge < -0.3 is 5.32 Å². The minimum atomic E-state index is 0.564. The molecule has 1 nitrogen and oxygen atoms in total. The average Bonchev–Trinajstić information content (AvgIpc) is 2.75. The molecule has 0 radical (unpaired) electrons. The van der Waals surface area contributed by atoms with Gasteiger partial charge in [-0.05, 0) is 30.4 Å². The number of benzene rings is 1. The molecule has 0 bridgehead atoms. The van der Waals surface area contributed by atoms with Crippen molar-refractivity contribution in [3.63, 3.8) is 0 Å². The summed E-state index contributed by atoms with van der Waals surface area (Å²) in [6.45, 7) is 0.845. The number of hydrogen-bond donors (Lipinski definition) is 1. The van der Waals surface area contributed by atoms with Crippen molar-refractivity contribution in [1.82, 2.24) is 5.32 Å². The van der Waals surface area contributed by atoms with Crippen molar-refractivity contribution < 1.29 is 0 Å². The number of hydrogen-bond acceptors (Lipinski definition) is 1. The van der Waals surface area contributed by atoms with Gasteiger partial charge in [-0.2, -0.15) is 0 Å². The molecule has 88 valence electrons. The van der Waals surface area contributed by atoms with Crippen LogP contribution in [-0.2, 0) is 6.54 Å². The largest absolute Gasteiger partial charge is 0.310 e. The van der Waals surface area contributed by atoms with Gasteiger partial charge in [-0.1, -0.05) is 36.2 Å². The molecule has 2 unspecified atom stereocenters. The molecule has 3 heteroatoms. The molecule has 1 aromatic carbocycles. The van der Waals surface area contributed by atoms with Crippen LogP contribution in [0.2, 0.25) is 5.02 Å². The summed E-state index contributed by atoms with van der Waals surface area (Å²) >= 11 is 12.1. The Balaban J connectivity index is 1.90. The normalized spacial score (nSPS) is 24.9. The smallest absolute Gasteiger partial charge is 0.0450 e. The number of halogens is 2. The highest BCUT2D eigenvalue weighted by Crippen LogP contribution is 2.27. The second-order valence-corrected chi connectivity index (χ2v) is 5.14. The summed E-state index contributed by atoms with van der Waals surface area (Å²) < 4.78 is 0.